The molecule has 2 heterocycles. The van der Waals surface area contributed by atoms with Crippen LogP contribution in [0.4, 0.5) is 0 Å². The van der Waals surface area contributed by atoms with Crippen molar-refractivity contribution in [1.82, 2.24) is 5.32 Å². The molecule has 0 aliphatic carbocycles. The minimum Gasteiger partial charge on any atom is -0.459 e. The van der Waals surface area contributed by atoms with Crippen LogP contribution in [0.5, 0.6) is 0 Å². The molecule has 0 unspecified atom stereocenters. The van der Waals surface area contributed by atoms with E-state index in [4.69, 9.17) is 14.3 Å². The van der Waals surface area contributed by atoms with Crippen LogP contribution >= 0.6 is 0 Å². The number of esters is 1. The van der Waals surface area contributed by atoms with E-state index in [1.54, 1.807) is 27.9 Å². The van der Waals surface area contributed by atoms with Crippen LogP contribution in [0.25, 0.3) is 0 Å². The number of methoxy groups -OCH3 is 1. The van der Waals surface area contributed by atoms with Gasteiger partial charge in [0.2, 0.25) is 0 Å². The smallest absolute Gasteiger partial charge is 0.316 e. The van der Waals surface area contributed by atoms with Crippen LogP contribution in [0.2, 0.25) is 0 Å². The first-order valence-electron chi connectivity index (χ1n) is 13.4. The molecule has 2 aliphatic heterocycles. The highest BCUT2D eigenvalue weighted by Crippen LogP contribution is 2.35. The van der Waals surface area contributed by atoms with Gasteiger partial charge in [0.1, 0.15) is 29.5 Å². The number of carbonyl (C=O) groups excluding carboxylic acids is 2. The number of cyclic esters (lactones) is 1. The van der Waals surface area contributed by atoms with E-state index in [0.29, 0.717) is 25.1 Å². The summed E-state index contributed by atoms with van der Waals surface area (Å²) in [5, 5.41) is 30.7. The maximum atomic E-state index is 13.1. The molecule has 0 aromatic carbocycles. The highest BCUT2D eigenvalue weighted by molar-refractivity contribution is 5.99. The highest BCUT2D eigenvalue weighted by atomic mass is 16.6. The summed E-state index contributed by atoms with van der Waals surface area (Å²) < 4.78 is 11.5. The van der Waals surface area contributed by atoms with Gasteiger partial charge in [0.25, 0.3) is 0 Å². The van der Waals surface area contributed by atoms with E-state index < -0.39 is 47.1 Å². The molecule has 2 fully saturated rings. The van der Waals surface area contributed by atoms with E-state index in [-0.39, 0.29) is 24.2 Å². The van der Waals surface area contributed by atoms with Crippen molar-refractivity contribution >= 4 is 17.5 Å². The number of ketones is 1. The second-order valence-corrected chi connectivity index (χ2v) is 11.4. The minimum absolute atomic E-state index is 0.0753. The Bertz CT molecular complexity index is 780. The molecule has 3 N–H and O–H groups in total. The first-order chi connectivity index (χ1) is 16.8. The van der Waals surface area contributed by atoms with Gasteiger partial charge in [-0.1, -0.05) is 32.9 Å². The second-order valence-electron chi connectivity index (χ2n) is 11.4. The maximum Gasteiger partial charge on any atom is 0.316 e. The van der Waals surface area contributed by atoms with Crippen molar-refractivity contribution in [3.05, 3.63) is 0 Å². The lowest BCUT2D eigenvalue weighted by Gasteiger charge is -2.41. The molecule has 9 heteroatoms. The Balaban J connectivity index is 2.51. The van der Waals surface area contributed by atoms with Crippen molar-refractivity contribution in [2.45, 2.75) is 110 Å². The first kappa shape index (κ1) is 30.7. The van der Waals surface area contributed by atoms with Crippen molar-refractivity contribution in [3.8, 4) is 0 Å². The number of carbonyl (C=O) groups is 2. The highest BCUT2D eigenvalue weighted by Gasteiger charge is 2.47. The van der Waals surface area contributed by atoms with Gasteiger partial charge >= 0.3 is 5.97 Å². The number of ether oxygens (including phenoxy) is 2. The summed E-state index contributed by atoms with van der Waals surface area (Å²) in [4.78, 5) is 31.9. The molecule has 9 nitrogen and oxygen atoms in total. The number of piperidine rings is 1. The number of aliphatic hydroxyl groups is 2. The van der Waals surface area contributed by atoms with Crippen LogP contribution in [-0.4, -0.2) is 77.4 Å². The Morgan fingerprint density at radius 2 is 1.78 bits per heavy atom. The second kappa shape index (κ2) is 12.8. The molecule has 9 atom stereocenters. The molecule has 0 amide bonds. The predicted molar refractivity (Wildman–Crippen MR) is 138 cm³/mol. The Kier molecular flexibility index (Phi) is 10.9. The van der Waals surface area contributed by atoms with E-state index in [9.17, 15) is 19.8 Å². The number of aliphatic hydroxyl groups excluding tert-OH is 1. The fraction of sp³-hybridized carbons (Fsp3) is 0.889. The molecule has 0 aromatic rings. The maximum absolute atomic E-state index is 13.1. The van der Waals surface area contributed by atoms with E-state index in [1.807, 2.05) is 13.8 Å². The van der Waals surface area contributed by atoms with E-state index in [1.165, 1.54) is 13.8 Å². The normalized spacial score (nSPS) is 43.1. The monoisotopic (exact) mass is 512 g/mol. The molecule has 36 heavy (non-hydrogen) atoms. The van der Waals surface area contributed by atoms with Crippen molar-refractivity contribution in [2.75, 3.05) is 20.2 Å². The van der Waals surface area contributed by atoms with Crippen LogP contribution in [0, 0.1) is 23.7 Å². The molecule has 0 radical (unpaired) electrons. The van der Waals surface area contributed by atoms with Gasteiger partial charge in [-0.05, 0) is 59.4 Å². The van der Waals surface area contributed by atoms with Gasteiger partial charge in [0.15, 0.2) is 0 Å². The Labute approximate surface area is 216 Å². The number of oxime groups is 1. The number of nitrogens with one attached hydrogen (secondary N) is 1. The quantitative estimate of drug-likeness (QED) is 0.298. The van der Waals surface area contributed by atoms with E-state index >= 15 is 0 Å². The zero-order valence-electron chi connectivity index (χ0n) is 23.4. The number of hydrogen-bond donors (Lipinski definition) is 3. The SMILES string of the molecule is CC[C@H]1OC(=O)[C@H](C)C(=O)[C@H](C)C[C@](C)(OC)C[C@@H](C)/C(=N\O[C@@H]2CCCNC2)[C@H](C)[C@@H](O)[C@]1(C)O. The van der Waals surface area contributed by atoms with Crippen molar-refractivity contribution in [3.63, 3.8) is 0 Å². The molecular weight excluding hydrogens is 464 g/mol. The summed E-state index contributed by atoms with van der Waals surface area (Å²) in [5.41, 5.74) is -1.86. The predicted octanol–water partition coefficient (Wildman–Crippen LogP) is 2.86. The van der Waals surface area contributed by atoms with Crippen molar-refractivity contribution in [1.29, 1.82) is 0 Å². The lowest BCUT2D eigenvalue weighted by Crippen LogP contribution is -2.56. The molecule has 0 aromatic heterocycles. The molecule has 208 valence electrons. The third-order valence-corrected chi connectivity index (χ3v) is 8.12. The first-order valence-corrected chi connectivity index (χ1v) is 13.4. The van der Waals surface area contributed by atoms with Gasteiger partial charge < -0.3 is 29.8 Å². The summed E-state index contributed by atoms with van der Waals surface area (Å²) in [5.74, 6) is -3.16. The van der Waals surface area contributed by atoms with E-state index in [0.717, 1.165) is 19.4 Å². The number of nitrogens with zero attached hydrogens (tertiary/aromatic N) is 1. The summed E-state index contributed by atoms with van der Waals surface area (Å²) in [7, 11) is 1.61. The Morgan fingerprint density at radius 3 is 2.33 bits per heavy atom. The van der Waals surface area contributed by atoms with Gasteiger partial charge in [-0.3, -0.25) is 9.59 Å². The topological polar surface area (TPSA) is 127 Å². The van der Waals surface area contributed by atoms with Gasteiger partial charge in [-0.2, -0.15) is 0 Å². The van der Waals surface area contributed by atoms with Crippen molar-refractivity contribution in [2.24, 2.45) is 28.8 Å². The number of Topliss-reactive ketones (excluding diaryl/α,β-unsaturated/α-hetero) is 1. The van der Waals surface area contributed by atoms with Gasteiger partial charge in [0.05, 0.1) is 17.4 Å². The average molecular weight is 513 g/mol. The number of rotatable bonds is 4. The average Bonchev–Trinajstić information content (AvgIpc) is 2.85. The summed E-state index contributed by atoms with van der Waals surface area (Å²) in [6.45, 7) is 13.9. The summed E-state index contributed by atoms with van der Waals surface area (Å²) >= 11 is 0. The fourth-order valence-corrected chi connectivity index (χ4v) is 5.68. The largest absolute Gasteiger partial charge is 0.459 e. The zero-order valence-corrected chi connectivity index (χ0v) is 23.4. The lowest BCUT2D eigenvalue weighted by molar-refractivity contribution is -0.186. The molecule has 2 rings (SSSR count). The van der Waals surface area contributed by atoms with Crippen LogP contribution < -0.4 is 5.32 Å². The standard InChI is InChI=1S/C27H48N2O7/c1-9-21-27(7,33)24(31)18(4)22(29-36-20-11-10-12-28-15-20)16(2)13-26(6,34-8)14-17(3)23(30)19(5)25(32)35-21/h16-21,24,28,31,33H,9-15H2,1-8H3/b29-22+/t16-,17-,18+,19-,20-,21-,24-,26-,27-/m1/s1. The third kappa shape index (κ3) is 7.27. The fourth-order valence-electron chi connectivity index (χ4n) is 5.68. The van der Waals surface area contributed by atoms with E-state index in [2.05, 4.69) is 10.5 Å². The van der Waals surface area contributed by atoms with Gasteiger partial charge in [-0.25, -0.2) is 0 Å². The molecule has 2 saturated heterocycles. The zero-order chi connectivity index (χ0) is 27.3. The number of hydrogen-bond acceptors (Lipinski definition) is 9. The molecular formula is C27H48N2O7. The van der Waals surface area contributed by atoms with Crippen LogP contribution in [0.3, 0.4) is 0 Å². The van der Waals surface area contributed by atoms with Gasteiger partial charge in [0, 0.05) is 31.4 Å². The van der Waals surface area contributed by atoms with Crippen LogP contribution in [0.15, 0.2) is 5.16 Å². The third-order valence-electron chi connectivity index (χ3n) is 8.12. The Hall–Kier alpha value is -1.55. The van der Waals surface area contributed by atoms with Crippen molar-refractivity contribution < 1.29 is 34.1 Å². The summed E-state index contributed by atoms with van der Waals surface area (Å²) in [6.07, 6.45) is 0.702. The molecule has 0 spiro atoms. The molecule has 0 bridgehead atoms. The summed E-state index contributed by atoms with van der Waals surface area (Å²) in [6, 6.07) is 0. The molecule has 0 saturated carbocycles. The molecule has 2 aliphatic rings. The Morgan fingerprint density at radius 1 is 1.14 bits per heavy atom. The minimum atomic E-state index is -1.78. The van der Waals surface area contributed by atoms with Crippen LogP contribution in [-0.2, 0) is 23.9 Å². The van der Waals surface area contributed by atoms with Gasteiger partial charge in [-0.15, -0.1) is 0 Å². The van der Waals surface area contributed by atoms with Crippen LogP contribution in [0.1, 0.15) is 80.6 Å². The lowest BCUT2D eigenvalue weighted by atomic mass is 9.75.